The first kappa shape index (κ1) is 23.8. The molecule has 3 rings (SSSR count). The van der Waals surface area contributed by atoms with Crippen LogP contribution in [-0.4, -0.2) is 20.2 Å². The van der Waals surface area contributed by atoms with Gasteiger partial charge >= 0.3 is 0 Å². The Hall–Kier alpha value is -3.89. The lowest BCUT2D eigenvalue weighted by Gasteiger charge is -2.19. The molecular formula is C26H24N2O4S. The minimum atomic E-state index is -4.21. The Labute approximate surface area is 194 Å². The van der Waals surface area contributed by atoms with Crippen LogP contribution in [-0.2, 0) is 14.8 Å². The van der Waals surface area contributed by atoms with Gasteiger partial charge < -0.3 is 5.32 Å². The van der Waals surface area contributed by atoms with Crippen molar-refractivity contribution in [3.8, 4) is 23.5 Å². The minimum Gasteiger partial charge on any atom is -0.321 e. The van der Waals surface area contributed by atoms with Gasteiger partial charge in [0.25, 0.3) is 15.9 Å². The molecule has 0 fully saturated rings. The molecule has 6 nitrogen and oxygen atoms in total. The van der Waals surface area contributed by atoms with Crippen molar-refractivity contribution in [2.24, 2.45) is 5.41 Å². The number of carbonyl (C=O) groups excluding carboxylic acids is 2. The lowest BCUT2D eigenvalue weighted by atomic mass is 9.96. The van der Waals surface area contributed by atoms with Crippen molar-refractivity contribution in [1.29, 1.82) is 0 Å². The fourth-order valence-corrected chi connectivity index (χ4v) is 4.32. The molecule has 0 aromatic heterocycles. The molecule has 3 aromatic carbocycles. The zero-order valence-corrected chi connectivity index (χ0v) is 19.4. The van der Waals surface area contributed by atoms with E-state index >= 15 is 0 Å². The first-order valence-corrected chi connectivity index (χ1v) is 11.6. The monoisotopic (exact) mass is 460 g/mol. The van der Waals surface area contributed by atoms with Gasteiger partial charge in [-0.2, -0.15) is 0 Å². The van der Waals surface area contributed by atoms with Crippen molar-refractivity contribution in [2.75, 3.05) is 5.32 Å². The summed E-state index contributed by atoms with van der Waals surface area (Å²) in [6, 6.07) is 20.5. The second kappa shape index (κ2) is 9.31. The van der Waals surface area contributed by atoms with E-state index in [1.54, 1.807) is 45.0 Å². The van der Waals surface area contributed by atoms with E-state index in [0.29, 0.717) is 5.56 Å². The molecule has 0 atom stereocenters. The summed E-state index contributed by atoms with van der Waals surface area (Å²) in [6.07, 6.45) is 5.65. The van der Waals surface area contributed by atoms with Crippen LogP contribution in [0.1, 0.15) is 36.7 Å². The molecule has 3 aromatic rings. The number of benzene rings is 3. The van der Waals surface area contributed by atoms with E-state index in [1.165, 1.54) is 18.2 Å². The summed E-state index contributed by atoms with van der Waals surface area (Å²) >= 11 is 0. The normalized spacial score (nSPS) is 11.3. The summed E-state index contributed by atoms with van der Waals surface area (Å²) in [7, 11) is -4.21. The molecule has 0 bridgehead atoms. The lowest BCUT2D eigenvalue weighted by molar-refractivity contribution is -0.126. The molecule has 0 saturated carbocycles. The number of nitrogens with one attached hydrogen (secondary N) is 2. The average molecular weight is 461 g/mol. The number of sulfonamides is 1. The fraction of sp³-hybridized carbons (Fsp3) is 0.154. The smallest absolute Gasteiger partial charge is 0.266 e. The van der Waals surface area contributed by atoms with E-state index in [2.05, 4.69) is 16.0 Å². The second-order valence-corrected chi connectivity index (χ2v) is 10.1. The Kier molecular flexibility index (Phi) is 6.70. The van der Waals surface area contributed by atoms with Gasteiger partial charge in [-0.25, -0.2) is 13.1 Å². The van der Waals surface area contributed by atoms with E-state index in [-0.39, 0.29) is 16.1 Å². The summed E-state index contributed by atoms with van der Waals surface area (Å²) in [5.74, 6) is 1.30. The Morgan fingerprint density at radius 1 is 0.879 bits per heavy atom. The molecule has 0 heterocycles. The van der Waals surface area contributed by atoms with E-state index in [1.807, 2.05) is 30.3 Å². The molecule has 7 heteroatoms. The van der Waals surface area contributed by atoms with Crippen LogP contribution in [0.3, 0.4) is 0 Å². The summed E-state index contributed by atoms with van der Waals surface area (Å²) in [5, 5.41) is 2.61. The quantitative estimate of drug-likeness (QED) is 0.551. The van der Waals surface area contributed by atoms with E-state index in [4.69, 9.17) is 6.42 Å². The molecule has 168 valence electrons. The van der Waals surface area contributed by atoms with E-state index in [9.17, 15) is 18.0 Å². The van der Waals surface area contributed by atoms with Crippen molar-refractivity contribution < 1.29 is 18.0 Å². The molecule has 2 N–H and O–H groups in total. The number of carbonyl (C=O) groups is 2. The van der Waals surface area contributed by atoms with E-state index < -0.39 is 27.3 Å². The Bertz CT molecular complexity index is 1350. The van der Waals surface area contributed by atoms with Gasteiger partial charge in [-0.3, -0.25) is 9.59 Å². The fourth-order valence-electron chi connectivity index (χ4n) is 3.00. The van der Waals surface area contributed by atoms with Gasteiger partial charge in [0.05, 0.1) is 11.3 Å². The summed E-state index contributed by atoms with van der Waals surface area (Å²) in [4.78, 5) is 25.0. The average Bonchev–Trinajstić information content (AvgIpc) is 2.78. The molecule has 0 aliphatic heterocycles. The van der Waals surface area contributed by atoms with Gasteiger partial charge in [-0.1, -0.05) is 75.2 Å². The van der Waals surface area contributed by atoms with Crippen LogP contribution >= 0.6 is 0 Å². The number of anilines is 1. The molecule has 0 spiro atoms. The molecule has 0 saturated heterocycles. The molecule has 0 aliphatic rings. The number of hydrogen-bond donors (Lipinski definition) is 2. The number of para-hydroxylation sites is 1. The summed E-state index contributed by atoms with van der Waals surface area (Å²) in [5.41, 5.74) is 1.53. The third-order valence-electron chi connectivity index (χ3n) is 4.86. The largest absolute Gasteiger partial charge is 0.321 e. The first-order valence-electron chi connectivity index (χ1n) is 10.2. The molecule has 0 unspecified atom stereocenters. The maximum absolute atomic E-state index is 13.0. The Balaban J connectivity index is 1.92. The van der Waals surface area contributed by atoms with Gasteiger partial charge in [0, 0.05) is 11.0 Å². The zero-order chi connectivity index (χ0) is 24.2. The van der Waals surface area contributed by atoms with Gasteiger partial charge in [-0.05, 0) is 35.4 Å². The zero-order valence-electron chi connectivity index (χ0n) is 18.5. The maximum Gasteiger partial charge on any atom is 0.266 e. The van der Waals surface area contributed by atoms with Crippen LogP contribution in [0.5, 0.6) is 0 Å². The predicted octanol–water partition coefficient (Wildman–Crippen LogP) is 4.44. The van der Waals surface area contributed by atoms with Crippen molar-refractivity contribution in [1.82, 2.24) is 4.72 Å². The minimum absolute atomic E-state index is 0.0341. The topological polar surface area (TPSA) is 92.3 Å². The standard InChI is InChI=1S/C26H24N2O4S/c1-5-18-17-20(19-11-7-6-8-12-19)15-16-21(18)24(29)27-22-13-9-10-14-23(22)33(31,32)28-25(30)26(2,3)4/h1,6-17H,2-4H3,(H,27,29)(H,28,30). The van der Waals surface area contributed by atoms with Gasteiger partial charge in [-0.15, -0.1) is 6.42 Å². The molecule has 33 heavy (non-hydrogen) atoms. The van der Waals surface area contributed by atoms with Crippen molar-refractivity contribution >= 4 is 27.5 Å². The molecule has 0 radical (unpaired) electrons. The van der Waals surface area contributed by atoms with E-state index in [0.717, 1.165) is 11.1 Å². The number of amides is 2. The molecular weight excluding hydrogens is 436 g/mol. The van der Waals surface area contributed by atoms with Crippen molar-refractivity contribution in [3.63, 3.8) is 0 Å². The van der Waals surface area contributed by atoms with Crippen LogP contribution in [0.2, 0.25) is 0 Å². The highest BCUT2D eigenvalue weighted by Gasteiger charge is 2.28. The highest BCUT2D eigenvalue weighted by molar-refractivity contribution is 7.90. The van der Waals surface area contributed by atoms with Crippen molar-refractivity contribution in [3.05, 3.63) is 83.9 Å². The number of terminal acetylenes is 1. The second-order valence-electron chi connectivity index (χ2n) is 8.41. The number of rotatable bonds is 5. The third kappa shape index (κ3) is 5.48. The lowest BCUT2D eigenvalue weighted by Crippen LogP contribution is -2.39. The third-order valence-corrected chi connectivity index (χ3v) is 6.25. The maximum atomic E-state index is 13.0. The van der Waals surface area contributed by atoms with Crippen LogP contribution in [0, 0.1) is 17.8 Å². The summed E-state index contributed by atoms with van der Waals surface area (Å²) < 4.78 is 27.7. The van der Waals surface area contributed by atoms with Crippen LogP contribution in [0.15, 0.2) is 77.7 Å². The first-order chi connectivity index (χ1) is 15.5. The van der Waals surface area contributed by atoms with Crippen LogP contribution in [0.25, 0.3) is 11.1 Å². The molecule has 0 aliphatic carbocycles. The van der Waals surface area contributed by atoms with Crippen LogP contribution < -0.4 is 10.0 Å². The summed E-state index contributed by atoms with van der Waals surface area (Å²) in [6.45, 7) is 4.81. The van der Waals surface area contributed by atoms with Gasteiger partial charge in [0.15, 0.2) is 0 Å². The Morgan fingerprint density at radius 2 is 1.52 bits per heavy atom. The number of hydrogen-bond acceptors (Lipinski definition) is 4. The molecule has 2 amide bonds. The van der Waals surface area contributed by atoms with Crippen molar-refractivity contribution in [2.45, 2.75) is 25.7 Å². The SMILES string of the molecule is C#Cc1cc(-c2ccccc2)ccc1C(=O)Nc1ccccc1S(=O)(=O)NC(=O)C(C)(C)C. The highest BCUT2D eigenvalue weighted by atomic mass is 32.2. The van der Waals surface area contributed by atoms with Gasteiger partial charge in [0.1, 0.15) is 4.90 Å². The van der Waals surface area contributed by atoms with Crippen LogP contribution in [0.4, 0.5) is 5.69 Å². The Morgan fingerprint density at radius 3 is 2.15 bits per heavy atom. The predicted molar refractivity (Wildman–Crippen MR) is 129 cm³/mol. The van der Waals surface area contributed by atoms with Gasteiger partial charge in [0.2, 0.25) is 5.91 Å². The highest BCUT2D eigenvalue weighted by Crippen LogP contribution is 2.25.